The third-order valence-corrected chi connectivity index (χ3v) is 3.53. The first-order valence-electron chi connectivity index (χ1n) is 7.40. The van der Waals surface area contributed by atoms with Gasteiger partial charge in [0.25, 0.3) is 0 Å². The van der Waals surface area contributed by atoms with Gasteiger partial charge in [-0.3, -0.25) is 9.69 Å². The Bertz CT molecular complexity index is 376. The molecule has 1 heterocycles. The van der Waals surface area contributed by atoms with Gasteiger partial charge in [0.1, 0.15) is 6.61 Å². The molecule has 1 fully saturated rings. The van der Waals surface area contributed by atoms with E-state index < -0.39 is 5.97 Å². The van der Waals surface area contributed by atoms with Crippen molar-refractivity contribution in [1.29, 1.82) is 0 Å². The maximum Gasteiger partial charge on any atom is 0.329 e. The van der Waals surface area contributed by atoms with Crippen LogP contribution in [0.25, 0.3) is 0 Å². The van der Waals surface area contributed by atoms with Gasteiger partial charge in [-0.05, 0) is 26.7 Å². The molecule has 1 aliphatic rings. The van der Waals surface area contributed by atoms with Gasteiger partial charge in [-0.25, -0.2) is 4.79 Å². The summed E-state index contributed by atoms with van der Waals surface area (Å²) in [4.78, 5) is 26.6. The van der Waals surface area contributed by atoms with Gasteiger partial charge in [-0.2, -0.15) is 0 Å². The molecule has 1 N–H and O–H groups in total. The Morgan fingerprint density at radius 1 is 1.38 bits per heavy atom. The van der Waals surface area contributed by atoms with Gasteiger partial charge in [0.05, 0.1) is 12.6 Å². The molecule has 0 aromatic heterocycles. The number of carbonyl (C=O) groups excluding carboxylic acids is 1. The first kappa shape index (κ1) is 17.7. The number of likely N-dealkylation sites (tertiary alicyclic amines) is 1. The van der Waals surface area contributed by atoms with Crippen molar-refractivity contribution in [3.8, 4) is 0 Å². The summed E-state index contributed by atoms with van der Waals surface area (Å²) in [5.41, 5.74) is 0.978. The van der Waals surface area contributed by atoms with E-state index in [0.717, 1.165) is 31.5 Å². The van der Waals surface area contributed by atoms with Crippen molar-refractivity contribution in [3.05, 3.63) is 12.2 Å². The molecule has 0 unspecified atom stereocenters. The Morgan fingerprint density at radius 2 is 2.00 bits per heavy atom. The lowest BCUT2D eigenvalue weighted by atomic mass is 10.1. The standard InChI is InChI=1S/C15H26N2O4/c1-4-17(9-12(2)3)14(18)10-16-7-5-13(6-8-16)21-11-15(19)20/h13H,2,4-11H2,1,3H3,(H,19,20). The minimum absolute atomic E-state index is 0.00912. The van der Waals surface area contributed by atoms with Crippen molar-refractivity contribution in [2.75, 3.05) is 39.3 Å². The number of ether oxygens (including phenoxy) is 1. The summed E-state index contributed by atoms with van der Waals surface area (Å²) in [5, 5.41) is 8.58. The van der Waals surface area contributed by atoms with Crippen LogP contribution in [0, 0.1) is 0 Å². The molecule has 0 aliphatic carbocycles. The number of hydrogen-bond acceptors (Lipinski definition) is 4. The summed E-state index contributed by atoms with van der Waals surface area (Å²) in [7, 11) is 0. The minimum Gasteiger partial charge on any atom is -0.480 e. The Kier molecular flexibility index (Phi) is 7.39. The van der Waals surface area contributed by atoms with Gasteiger partial charge in [-0.15, -0.1) is 0 Å². The van der Waals surface area contributed by atoms with Gasteiger partial charge < -0.3 is 14.7 Å². The number of nitrogens with zero attached hydrogens (tertiary/aromatic N) is 2. The van der Waals surface area contributed by atoms with Gasteiger partial charge >= 0.3 is 5.97 Å². The van der Waals surface area contributed by atoms with Crippen LogP contribution in [0.15, 0.2) is 12.2 Å². The van der Waals surface area contributed by atoms with E-state index in [2.05, 4.69) is 11.5 Å². The Labute approximate surface area is 126 Å². The molecule has 1 rings (SSSR count). The zero-order valence-electron chi connectivity index (χ0n) is 13.0. The van der Waals surface area contributed by atoms with E-state index >= 15 is 0 Å². The second-order valence-corrected chi connectivity index (χ2v) is 5.55. The summed E-state index contributed by atoms with van der Waals surface area (Å²) in [6, 6.07) is 0. The van der Waals surface area contributed by atoms with Crippen LogP contribution < -0.4 is 0 Å². The first-order chi connectivity index (χ1) is 9.92. The maximum atomic E-state index is 12.2. The SMILES string of the molecule is C=C(C)CN(CC)C(=O)CN1CCC(OCC(=O)O)CC1. The van der Waals surface area contributed by atoms with Crippen LogP contribution in [0.1, 0.15) is 26.7 Å². The molecule has 0 aromatic rings. The summed E-state index contributed by atoms with van der Waals surface area (Å²) in [6.45, 7) is 10.7. The predicted octanol–water partition coefficient (Wildman–Crippen LogP) is 0.977. The fourth-order valence-electron chi connectivity index (χ4n) is 2.42. The topological polar surface area (TPSA) is 70.1 Å². The molecule has 1 saturated heterocycles. The van der Waals surface area contributed by atoms with E-state index in [9.17, 15) is 9.59 Å². The summed E-state index contributed by atoms with van der Waals surface area (Å²) in [5.74, 6) is -0.823. The number of aliphatic carboxylic acids is 1. The molecular formula is C15H26N2O4. The molecule has 1 amide bonds. The molecule has 6 nitrogen and oxygen atoms in total. The van der Waals surface area contributed by atoms with Crippen molar-refractivity contribution in [3.63, 3.8) is 0 Å². The van der Waals surface area contributed by atoms with Gasteiger partial charge in [0.15, 0.2) is 0 Å². The fraction of sp³-hybridized carbons (Fsp3) is 0.733. The van der Waals surface area contributed by atoms with Crippen molar-refractivity contribution in [2.24, 2.45) is 0 Å². The highest BCUT2D eigenvalue weighted by Crippen LogP contribution is 2.13. The van der Waals surface area contributed by atoms with Gasteiger partial charge in [-0.1, -0.05) is 12.2 Å². The molecular weight excluding hydrogens is 272 g/mol. The second kappa shape index (κ2) is 8.79. The molecule has 0 atom stereocenters. The van der Waals surface area contributed by atoms with Crippen LogP contribution >= 0.6 is 0 Å². The lowest BCUT2D eigenvalue weighted by Gasteiger charge is -2.32. The average Bonchev–Trinajstić information content (AvgIpc) is 2.43. The van der Waals surface area contributed by atoms with Crippen LogP contribution in [0.4, 0.5) is 0 Å². The first-order valence-corrected chi connectivity index (χ1v) is 7.40. The highest BCUT2D eigenvalue weighted by atomic mass is 16.5. The lowest BCUT2D eigenvalue weighted by Crippen LogP contribution is -2.45. The lowest BCUT2D eigenvalue weighted by molar-refractivity contribution is -0.145. The van der Waals surface area contributed by atoms with Crippen LogP contribution in [0.2, 0.25) is 0 Å². The van der Waals surface area contributed by atoms with Crippen LogP contribution in [-0.2, 0) is 14.3 Å². The third-order valence-electron chi connectivity index (χ3n) is 3.53. The van der Waals surface area contributed by atoms with Crippen molar-refractivity contribution < 1.29 is 19.4 Å². The molecule has 0 aromatic carbocycles. The number of carboxylic acid groups (broad SMARTS) is 1. The van der Waals surface area contributed by atoms with Crippen molar-refractivity contribution >= 4 is 11.9 Å². The number of carbonyl (C=O) groups is 2. The van der Waals surface area contributed by atoms with Crippen molar-refractivity contribution in [2.45, 2.75) is 32.8 Å². The fourth-order valence-corrected chi connectivity index (χ4v) is 2.42. The van der Waals surface area contributed by atoms with E-state index in [1.807, 2.05) is 13.8 Å². The van der Waals surface area contributed by atoms with Crippen LogP contribution in [-0.4, -0.2) is 72.2 Å². The maximum absolute atomic E-state index is 12.2. The van der Waals surface area contributed by atoms with Gasteiger partial charge in [0.2, 0.25) is 5.91 Å². The average molecular weight is 298 g/mol. The smallest absolute Gasteiger partial charge is 0.329 e. The predicted molar refractivity (Wildman–Crippen MR) is 80.1 cm³/mol. The molecule has 0 radical (unpaired) electrons. The highest BCUT2D eigenvalue weighted by molar-refractivity contribution is 5.78. The van der Waals surface area contributed by atoms with E-state index in [-0.39, 0.29) is 18.6 Å². The number of rotatable bonds is 8. The zero-order chi connectivity index (χ0) is 15.8. The third kappa shape index (κ3) is 6.73. The van der Waals surface area contributed by atoms with E-state index in [1.165, 1.54) is 0 Å². The molecule has 6 heteroatoms. The van der Waals surface area contributed by atoms with E-state index in [1.54, 1.807) is 4.90 Å². The monoisotopic (exact) mass is 298 g/mol. The molecule has 0 bridgehead atoms. The van der Waals surface area contributed by atoms with Crippen LogP contribution in [0.5, 0.6) is 0 Å². The molecule has 0 saturated carbocycles. The second-order valence-electron chi connectivity index (χ2n) is 5.55. The zero-order valence-corrected chi connectivity index (χ0v) is 13.0. The molecule has 0 spiro atoms. The quantitative estimate of drug-likeness (QED) is 0.676. The number of piperidine rings is 1. The Morgan fingerprint density at radius 3 is 2.48 bits per heavy atom. The summed E-state index contributed by atoms with van der Waals surface area (Å²) in [6.07, 6.45) is 1.53. The normalized spacial score (nSPS) is 16.7. The van der Waals surface area contributed by atoms with E-state index in [0.29, 0.717) is 19.6 Å². The number of amides is 1. The van der Waals surface area contributed by atoms with Crippen molar-refractivity contribution in [1.82, 2.24) is 9.80 Å². The number of carboxylic acids is 1. The minimum atomic E-state index is -0.939. The molecule has 1 aliphatic heterocycles. The number of hydrogen-bond donors (Lipinski definition) is 1. The van der Waals surface area contributed by atoms with E-state index in [4.69, 9.17) is 9.84 Å². The summed E-state index contributed by atoms with van der Waals surface area (Å²) >= 11 is 0. The summed E-state index contributed by atoms with van der Waals surface area (Å²) < 4.78 is 5.29. The van der Waals surface area contributed by atoms with Gasteiger partial charge in [0, 0.05) is 26.2 Å². The Hall–Kier alpha value is -1.40. The highest BCUT2D eigenvalue weighted by Gasteiger charge is 2.23. The molecule has 120 valence electrons. The Balaban J connectivity index is 2.32. The molecule has 21 heavy (non-hydrogen) atoms. The van der Waals surface area contributed by atoms with Crippen LogP contribution in [0.3, 0.4) is 0 Å². The largest absolute Gasteiger partial charge is 0.480 e. The number of likely N-dealkylation sites (N-methyl/N-ethyl adjacent to an activating group) is 1.